The number of hydrogen-bond donors (Lipinski definition) is 6. The average molecular weight is 850 g/mol. The summed E-state index contributed by atoms with van der Waals surface area (Å²) in [6, 6.07) is 3.07. The number of hydrogen-bond acceptors (Lipinski definition) is 7. The molecule has 1 aromatic heterocycles. The van der Waals surface area contributed by atoms with Crippen molar-refractivity contribution < 1.29 is 32.4 Å². The van der Waals surface area contributed by atoms with Crippen LogP contribution in [0.3, 0.4) is 0 Å². The summed E-state index contributed by atoms with van der Waals surface area (Å²) in [7, 11) is -4.37. The number of para-hydroxylation sites is 1. The molecule has 0 unspecified atom stereocenters. The molecular formula is C45H67N7O7S. The molecule has 6 N–H and O–H groups in total. The van der Waals surface area contributed by atoms with Crippen molar-refractivity contribution in [3.63, 3.8) is 0 Å². The molecular weight excluding hydrogens is 783 g/mol. The molecule has 0 spiro atoms. The molecule has 6 rings (SSSR count). The normalized spacial score (nSPS) is 26.1. The lowest BCUT2D eigenvalue weighted by molar-refractivity contribution is -0.145. The van der Waals surface area contributed by atoms with Crippen molar-refractivity contribution in [3.8, 4) is 0 Å². The number of amides is 6. The molecule has 6 atom stereocenters. The molecule has 0 bridgehead atoms. The van der Waals surface area contributed by atoms with Gasteiger partial charge in [-0.05, 0) is 100 Å². The summed E-state index contributed by atoms with van der Waals surface area (Å²) in [5.41, 5.74) is -3.00. The minimum Gasteiger partial charge on any atom is -0.360 e. The zero-order valence-corrected chi connectivity index (χ0v) is 37.5. The van der Waals surface area contributed by atoms with E-state index in [1.54, 1.807) is 29.3 Å². The van der Waals surface area contributed by atoms with Crippen molar-refractivity contribution in [1.82, 2.24) is 35.9 Å². The van der Waals surface area contributed by atoms with Crippen LogP contribution in [0.4, 0.5) is 4.79 Å². The summed E-state index contributed by atoms with van der Waals surface area (Å²) in [4.78, 5) is 76.2. The molecule has 6 amide bonds. The quantitative estimate of drug-likeness (QED) is 0.140. The number of sulfonamides is 1. The van der Waals surface area contributed by atoms with Crippen LogP contribution in [-0.4, -0.2) is 83.7 Å². The van der Waals surface area contributed by atoms with Crippen molar-refractivity contribution in [2.24, 2.45) is 34.5 Å². The summed E-state index contributed by atoms with van der Waals surface area (Å²) in [6.45, 7) is 19.6. The molecule has 330 valence electrons. The van der Waals surface area contributed by atoms with Gasteiger partial charge in [0.15, 0.2) is 0 Å². The number of carbonyl (C=O) groups excluding carboxylic acids is 5. The van der Waals surface area contributed by atoms with Gasteiger partial charge in [0.05, 0.1) is 5.52 Å². The lowest BCUT2D eigenvalue weighted by Crippen LogP contribution is -2.63. The highest BCUT2D eigenvalue weighted by molar-refractivity contribution is 7.90. The molecule has 60 heavy (non-hydrogen) atoms. The molecule has 1 saturated heterocycles. The van der Waals surface area contributed by atoms with Crippen molar-refractivity contribution >= 4 is 50.6 Å². The van der Waals surface area contributed by atoms with Gasteiger partial charge in [-0.2, -0.15) is 0 Å². The maximum atomic E-state index is 15.2. The fourth-order valence-corrected chi connectivity index (χ4v) is 11.2. The summed E-state index contributed by atoms with van der Waals surface area (Å²) >= 11 is 0. The van der Waals surface area contributed by atoms with Crippen LogP contribution in [0.5, 0.6) is 0 Å². The van der Waals surface area contributed by atoms with E-state index in [0.717, 1.165) is 51.4 Å². The Labute approximate surface area is 355 Å². The van der Waals surface area contributed by atoms with E-state index < -0.39 is 85.6 Å². The van der Waals surface area contributed by atoms with Gasteiger partial charge in [0.1, 0.15) is 28.6 Å². The fourth-order valence-electron chi connectivity index (χ4n) is 9.91. The third-order valence-electron chi connectivity index (χ3n) is 13.8. The van der Waals surface area contributed by atoms with Gasteiger partial charge < -0.3 is 31.2 Å². The molecule has 3 saturated carbocycles. The van der Waals surface area contributed by atoms with Gasteiger partial charge in [0.2, 0.25) is 17.7 Å². The number of nitrogens with zero attached hydrogens (tertiary/aromatic N) is 1. The zero-order chi connectivity index (χ0) is 44.0. The number of likely N-dealkylation sites (tertiary alicyclic amines) is 1. The van der Waals surface area contributed by atoms with Crippen LogP contribution >= 0.6 is 0 Å². The number of H-pyrrole nitrogens is 1. The molecule has 2 aromatic rings. The maximum Gasteiger partial charge on any atom is 0.315 e. The Bertz CT molecular complexity index is 2090. The second kappa shape index (κ2) is 16.8. The van der Waals surface area contributed by atoms with Gasteiger partial charge in [-0.1, -0.05) is 78.5 Å². The molecule has 1 aromatic carbocycles. The molecule has 15 heteroatoms. The van der Waals surface area contributed by atoms with E-state index in [9.17, 15) is 27.6 Å². The Morgan fingerprint density at radius 1 is 0.917 bits per heavy atom. The first-order valence-electron chi connectivity index (χ1n) is 21.8. The van der Waals surface area contributed by atoms with Crippen molar-refractivity contribution in [2.75, 3.05) is 6.54 Å². The van der Waals surface area contributed by atoms with Crippen LogP contribution in [0.25, 0.3) is 10.9 Å². The van der Waals surface area contributed by atoms with E-state index >= 15 is 4.79 Å². The van der Waals surface area contributed by atoms with Crippen LogP contribution in [0, 0.1) is 34.5 Å². The summed E-state index contributed by atoms with van der Waals surface area (Å²) in [5, 5.41) is 12.5. The van der Waals surface area contributed by atoms with Crippen LogP contribution < -0.4 is 26.0 Å². The standard InChI is InChI=1S/C45H67N7O7S/c1-10-30-24-45(30,40(56)51-60(58,59)33-21-14-18-29-22-23-46-34(29)33)49-37(53)32-25-44(27(2)3,31-19-15-20-31)26-52(32)39(55)36(42(4,5)6)48-38(54)35(28-16-12-11-13-17-28)47-41(57)50-43(7,8)9/h10,14,18,21-23,27-28,30-32,35-36,46H,1,11-13,15-17,19-20,24-26H2,2-9H3,(H,48,54)(H,49,53)(H,51,56)(H2,47,50,57)/t30-,32+,35+,36-,44-,45-/m1/s1. The van der Waals surface area contributed by atoms with Crippen LogP contribution in [0.15, 0.2) is 48.0 Å². The molecule has 4 fully saturated rings. The molecule has 4 aliphatic rings. The van der Waals surface area contributed by atoms with Gasteiger partial charge in [-0.25, -0.2) is 17.9 Å². The third-order valence-corrected chi connectivity index (χ3v) is 15.1. The van der Waals surface area contributed by atoms with Crippen LogP contribution in [0.1, 0.15) is 120 Å². The third kappa shape index (κ3) is 9.11. The summed E-state index contributed by atoms with van der Waals surface area (Å²) < 4.78 is 29.6. The van der Waals surface area contributed by atoms with Gasteiger partial charge >= 0.3 is 6.03 Å². The van der Waals surface area contributed by atoms with Gasteiger partial charge in [0.25, 0.3) is 15.9 Å². The van der Waals surface area contributed by atoms with Crippen molar-refractivity contribution in [2.45, 2.75) is 154 Å². The minimum atomic E-state index is -4.37. The largest absolute Gasteiger partial charge is 0.360 e. The first kappa shape index (κ1) is 45.1. The number of carbonyl (C=O) groups is 5. The predicted molar refractivity (Wildman–Crippen MR) is 231 cm³/mol. The molecule has 0 radical (unpaired) electrons. The topological polar surface area (TPSA) is 199 Å². The number of rotatable bonds is 13. The van der Waals surface area contributed by atoms with E-state index in [2.05, 4.69) is 51.4 Å². The van der Waals surface area contributed by atoms with Crippen molar-refractivity contribution in [1.29, 1.82) is 0 Å². The molecule has 2 heterocycles. The first-order valence-corrected chi connectivity index (χ1v) is 23.3. The highest BCUT2D eigenvalue weighted by atomic mass is 32.2. The monoisotopic (exact) mass is 849 g/mol. The SMILES string of the molecule is C=C[C@@H]1C[C@]1(NC(=O)[C@@H]1C[C@@](C(C)C)(C2CCC2)CN1C(=O)[C@@H](NC(=O)[C@@H](NC(=O)NC(C)(C)C)C1CCCCC1)C(C)(C)C)C(=O)NS(=O)(=O)c1cccc2cc[nH]c12. The van der Waals surface area contributed by atoms with Gasteiger partial charge in [-0.3, -0.25) is 19.2 Å². The van der Waals surface area contributed by atoms with E-state index in [1.807, 2.05) is 41.5 Å². The summed E-state index contributed by atoms with van der Waals surface area (Å²) in [5.74, 6) is -2.61. The Morgan fingerprint density at radius 2 is 1.60 bits per heavy atom. The Kier molecular flexibility index (Phi) is 12.6. The summed E-state index contributed by atoms with van der Waals surface area (Å²) in [6.07, 6.45) is 11.1. The van der Waals surface area contributed by atoms with E-state index in [0.29, 0.717) is 17.3 Å². The lowest BCUT2D eigenvalue weighted by Gasteiger charge is -2.46. The van der Waals surface area contributed by atoms with E-state index in [4.69, 9.17) is 0 Å². The lowest BCUT2D eigenvalue weighted by atomic mass is 9.59. The Morgan fingerprint density at radius 3 is 2.17 bits per heavy atom. The average Bonchev–Trinajstić information content (AvgIpc) is 3.43. The number of aromatic amines is 1. The highest BCUT2D eigenvalue weighted by Gasteiger charge is 2.63. The van der Waals surface area contributed by atoms with Crippen LogP contribution in [0.2, 0.25) is 0 Å². The number of benzene rings is 1. The highest BCUT2D eigenvalue weighted by Crippen LogP contribution is 2.55. The second-order valence-corrected chi connectivity index (χ2v) is 22.0. The zero-order valence-electron chi connectivity index (χ0n) is 36.7. The van der Waals surface area contributed by atoms with Gasteiger partial charge in [-0.15, -0.1) is 6.58 Å². The first-order chi connectivity index (χ1) is 28.0. The predicted octanol–water partition coefficient (Wildman–Crippen LogP) is 5.65. The smallest absolute Gasteiger partial charge is 0.315 e. The maximum absolute atomic E-state index is 15.2. The van der Waals surface area contributed by atoms with Crippen LogP contribution in [-0.2, 0) is 29.2 Å². The van der Waals surface area contributed by atoms with E-state index in [1.165, 1.54) is 12.1 Å². The number of aromatic nitrogens is 1. The number of fused-ring (bicyclic) bond motifs is 1. The number of urea groups is 1. The van der Waals surface area contributed by atoms with E-state index in [-0.39, 0.29) is 35.6 Å². The molecule has 1 aliphatic heterocycles. The Hall–Kier alpha value is -4.40. The van der Waals surface area contributed by atoms with Crippen molar-refractivity contribution in [3.05, 3.63) is 43.1 Å². The Balaban J connectivity index is 1.29. The number of nitrogens with one attached hydrogen (secondary N) is 6. The second-order valence-electron chi connectivity index (χ2n) is 20.4. The van der Waals surface area contributed by atoms with Gasteiger partial charge in [0, 0.05) is 29.6 Å². The fraction of sp³-hybridized carbons (Fsp3) is 0.667. The molecule has 14 nitrogen and oxygen atoms in total. The minimum absolute atomic E-state index is 0.0970. The molecule has 3 aliphatic carbocycles.